The van der Waals surface area contributed by atoms with Gasteiger partial charge in [0, 0.05) is 13.1 Å². The number of rotatable bonds is 8. The van der Waals surface area contributed by atoms with Gasteiger partial charge in [-0.25, -0.2) is 9.59 Å². The Morgan fingerprint density at radius 2 is 1.80 bits per heavy atom. The Morgan fingerprint density at radius 1 is 1.10 bits per heavy atom. The summed E-state index contributed by atoms with van der Waals surface area (Å²) < 4.78 is 9.94. The van der Waals surface area contributed by atoms with Crippen molar-refractivity contribution in [1.82, 2.24) is 5.32 Å². The highest BCUT2D eigenvalue weighted by molar-refractivity contribution is 7.18. The second-order valence-electron chi connectivity index (χ2n) is 5.96. The van der Waals surface area contributed by atoms with Crippen LogP contribution in [0.1, 0.15) is 38.1 Å². The fourth-order valence-corrected chi connectivity index (χ4v) is 3.61. The Hall–Kier alpha value is -3.46. The van der Waals surface area contributed by atoms with Gasteiger partial charge >= 0.3 is 11.9 Å². The molecule has 2 N–H and O–H groups in total. The summed E-state index contributed by atoms with van der Waals surface area (Å²) in [5, 5.41) is 5.16. The van der Waals surface area contributed by atoms with Gasteiger partial charge in [-0.15, -0.1) is 11.3 Å². The maximum absolute atomic E-state index is 12.3. The second-order valence-corrected chi connectivity index (χ2v) is 6.98. The van der Waals surface area contributed by atoms with Crippen LogP contribution in [0.25, 0.3) is 6.08 Å². The molecule has 1 heterocycles. The molecule has 1 aromatic carbocycles. The minimum absolute atomic E-state index is 0.101. The van der Waals surface area contributed by atoms with Crippen LogP contribution in [0.5, 0.6) is 0 Å². The van der Waals surface area contributed by atoms with Gasteiger partial charge < -0.3 is 20.1 Å². The predicted molar refractivity (Wildman–Crippen MR) is 113 cm³/mol. The number of carbonyl (C=O) groups is 4. The molecule has 8 nitrogen and oxygen atoms in total. The van der Waals surface area contributed by atoms with Crippen molar-refractivity contribution >= 4 is 46.2 Å². The Bertz CT molecular complexity index is 965. The summed E-state index contributed by atoms with van der Waals surface area (Å²) in [6.45, 7) is 2.84. The molecule has 0 atom stereocenters. The van der Waals surface area contributed by atoms with Gasteiger partial charge in [-0.3, -0.25) is 9.59 Å². The minimum atomic E-state index is -0.687. The molecule has 0 spiro atoms. The largest absolute Gasteiger partial charge is 0.462 e. The second kappa shape index (κ2) is 10.9. The van der Waals surface area contributed by atoms with Crippen molar-refractivity contribution in [2.24, 2.45) is 0 Å². The number of benzene rings is 1. The quantitative estimate of drug-likeness (QED) is 0.492. The van der Waals surface area contributed by atoms with E-state index in [1.807, 2.05) is 30.3 Å². The molecule has 0 saturated heterocycles. The molecule has 0 bridgehead atoms. The van der Waals surface area contributed by atoms with E-state index in [-0.39, 0.29) is 28.0 Å². The van der Waals surface area contributed by atoms with E-state index in [4.69, 9.17) is 9.47 Å². The highest BCUT2D eigenvalue weighted by Crippen LogP contribution is 2.33. The van der Waals surface area contributed by atoms with Crippen LogP contribution in [-0.2, 0) is 19.1 Å². The van der Waals surface area contributed by atoms with E-state index in [9.17, 15) is 19.2 Å². The molecule has 0 fully saturated rings. The van der Waals surface area contributed by atoms with E-state index in [1.54, 1.807) is 19.9 Å². The monoisotopic (exact) mass is 430 g/mol. The van der Waals surface area contributed by atoms with Crippen molar-refractivity contribution < 1.29 is 28.7 Å². The summed E-state index contributed by atoms with van der Waals surface area (Å²) in [5.41, 5.74) is 1.31. The maximum atomic E-state index is 12.3. The molecule has 1 aromatic heterocycles. The summed E-state index contributed by atoms with van der Waals surface area (Å²) in [4.78, 5) is 48.6. The first-order chi connectivity index (χ1) is 14.4. The lowest BCUT2D eigenvalue weighted by Crippen LogP contribution is -2.21. The van der Waals surface area contributed by atoms with Gasteiger partial charge in [0.1, 0.15) is 5.00 Å². The van der Waals surface area contributed by atoms with E-state index in [0.29, 0.717) is 5.56 Å². The van der Waals surface area contributed by atoms with Crippen LogP contribution in [-0.4, -0.2) is 44.0 Å². The van der Waals surface area contributed by atoms with Gasteiger partial charge in [0.25, 0.3) is 11.8 Å². The van der Waals surface area contributed by atoms with Crippen molar-refractivity contribution in [3.05, 3.63) is 58.0 Å². The summed E-state index contributed by atoms with van der Waals surface area (Å²) in [6.07, 6.45) is 2.78. The van der Waals surface area contributed by atoms with Crippen molar-refractivity contribution in [3.8, 4) is 0 Å². The summed E-state index contributed by atoms with van der Waals surface area (Å²) in [7, 11) is 1.46. The first-order valence-corrected chi connectivity index (χ1v) is 9.91. The zero-order chi connectivity index (χ0) is 22.1. The number of carbonyl (C=O) groups excluding carboxylic acids is 4. The van der Waals surface area contributed by atoms with Crippen LogP contribution in [0.15, 0.2) is 36.4 Å². The number of anilines is 1. The smallest absolute Gasteiger partial charge is 0.341 e. The molecule has 0 aliphatic heterocycles. The number of amides is 2. The van der Waals surface area contributed by atoms with Crippen LogP contribution in [0.2, 0.25) is 0 Å². The fraction of sp³-hybridized carbons (Fsp3) is 0.238. The van der Waals surface area contributed by atoms with E-state index in [2.05, 4.69) is 10.6 Å². The average Bonchev–Trinajstić information content (AvgIpc) is 3.06. The van der Waals surface area contributed by atoms with Crippen LogP contribution in [0, 0.1) is 6.92 Å². The Balaban J connectivity index is 2.06. The number of hydrogen-bond acceptors (Lipinski definition) is 7. The summed E-state index contributed by atoms with van der Waals surface area (Å²) >= 11 is 0.944. The third-order valence-corrected chi connectivity index (χ3v) is 5.08. The molecule has 158 valence electrons. The molecule has 2 amide bonds. The maximum Gasteiger partial charge on any atom is 0.341 e. The lowest BCUT2D eigenvalue weighted by molar-refractivity contribution is -0.142. The third kappa shape index (κ3) is 6.02. The molecule has 2 rings (SSSR count). The molecular weight excluding hydrogens is 408 g/mol. The number of thiophene rings is 1. The van der Waals surface area contributed by atoms with Crippen molar-refractivity contribution in [1.29, 1.82) is 0 Å². The van der Waals surface area contributed by atoms with Crippen LogP contribution in [0.4, 0.5) is 5.00 Å². The van der Waals surface area contributed by atoms with Crippen LogP contribution >= 0.6 is 11.3 Å². The number of esters is 2. The van der Waals surface area contributed by atoms with Crippen molar-refractivity contribution in [2.45, 2.75) is 13.8 Å². The van der Waals surface area contributed by atoms with Gasteiger partial charge in [-0.05, 0) is 31.1 Å². The number of hydrogen-bond donors (Lipinski definition) is 2. The number of ether oxygens (including phenoxy) is 2. The molecule has 0 aliphatic carbocycles. The lowest BCUT2D eigenvalue weighted by atomic mass is 10.1. The minimum Gasteiger partial charge on any atom is -0.462 e. The SMILES string of the molecule is CCOC(=O)c1c(NC(=O)COC(=O)C=Cc2ccccc2)sc(C(=O)NC)c1C. The normalized spacial score (nSPS) is 10.5. The van der Waals surface area contributed by atoms with Crippen molar-refractivity contribution in [3.63, 3.8) is 0 Å². The molecule has 9 heteroatoms. The van der Waals surface area contributed by atoms with Crippen LogP contribution in [0.3, 0.4) is 0 Å². The highest BCUT2D eigenvalue weighted by Gasteiger charge is 2.26. The number of nitrogens with one attached hydrogen (secondary N) is 2. The van der Waals surface area contributed by atoms with Gasteiger partial charge in [0.2, 0.25) is 0 Å². The highest BCUT2D eigenvalue weighted by atomic mass is 32.1. The zero-order valence-corrected chi connectivity index (χ0v) is 17.6. The van der Waals surface area contributed by atoms with Gasteiger partial charge in [0.15, 0.2) is 6.61 Å². The van der Waals surface area contributed by atoms with E-state index in [1.165, 1.54) is 13.1 Å². The van der Waals surface area contributed by atoms with Gasteiger partial charge in [-0.2, -0.15) is 0 Å². The zero-order valence-electron chi connectivity index (χ0n) is 16.8. The van der Waals surface area contributed by atoms with Gasteiger partial charge in [-0.1, -0.05) is 30.3 Å². The summed E-state index contributed by atoms with van der Waals surface area (Å²) in [6, 6.07) is 9.14. The van der Waals surface area contributed by atoms with Crippen molar-refractivity contribution in [2.75, 3.05) is 25.6 Å². The van der Waals surface area contributed by atoms with Crippen LogP contribution < -0.4 is 10.6 Å². The van der Waals surface area contributed by atoms with E-state index < -0.39 is 24.5 Å². The standard InChI is InChI=1S/C21H22N2O6S/c1-4-28-21(27)17-13(2)18(19(26)22-3)30-20(17)23-15(24)12-29-16(25)11-10-14-8-6-5-7-9-14/h5-11H,4,12H2,1-3H3,(H,22,26)(H,23,24). The predicted octanol–water partition coefficient (Wildman–Crippen LogP) is 2.79. The lowest BCUT2D eigenvalue weighted by Gasteiger charge is -2.07. The first kappa shape index (κ1) is 22.8. The average molecular weight is 430 g/mol. The fourth-order valence-electron chi connectivity index (χ4n) is 2.46. The van der Waals surface area contributed by atoms with E-state index in [0.717, 1.165) is 16.9 Å². The third-order valence-electron chi connectivity index (χ3n) is 3.87. The molecule has 0 unspecified atom stereocenters. The van der Waals surface area contributed by atoms with E-state index >= 15 is 0 Å². The molecule has 0 aliphatic rings. The molecule has 0 radical (unpaired) electrons. The molecule has 30 heavy (non-hydrogen) atoms. The topological polar surface area (TPSA) is 111 Å². The first-order valence-electron chi connectivity index (χ1n) is 9.09. The Kier molecular flexibility index (Phi) is 8.30. The molecule has 2 aromatic rings. The summed E-state index contributed by atoms with van der Waals surface area (Å²) in [5.74, 6) is -2.37. The molecule has 0 saturated carbocycles. The molecular formula is C21H22N2O6S. The Labute approximate surface area is 177 Å². The van der Waals surface area contributed by atoms with Gasteiger partial charge in [0.05, 0.1) is 17.0 Å². The Morgan fingerprint density at radius 3 is 2.43 bits per heavy atom.